The highest BCUT2D eigenvalue weighted by molar-refractivity contribution is 5.72. The van der Waals surface area contributed by atoms with Crippen LogP contribution >= 0.6 is 0 Å². The maximum Gasteiger partial charge on any atom is 0.310 e. The van der Waals surface area contributed by atoms with Gasteiger partial charge in [0.05, 0.1) is 20.1 Å². The Labute approximate surface area is 97.6 Å². The molecule has 0 spiro atoms. The molecule has 0 bridgehead atoms. The van der Waals surface area contributed by atoms with E-state index in [0.29, 0.717) is 5.56 Å². The van der Waals surface area contributed by atoms with E-state index in [-0.39, 0.29) is 18.9 Å². The second kappa shape index (κ2) is 6.12. The van der Waals surface area contributed by atoms with Crippen LogP contribution in [-0.2, 0) is 16.0 Å². The maximum atomic E-state index is 12.5. The molecule has 0 saturated heterocycles. The second-order valence-electron chi connectivity index (χ2n) is 3.23. The average Bonchev–Trinajstić information content (AvgIpc) is 2.28. The standard InChI is InChI=1S/C11H13F2NO3/c1-3-17-10(15)6-7-4-8(11(12)13)14-9(5-7)16-2/h4-5,11H,3,6H2,1-2H3. The molecular formula is C11H13F2NO3. The molecule has 0 atom stereocenters. The zero-order valence-electron chi connectivity index (χ0n) is 9.57. The van der Waals surface area contributed by atoms with Gasteiger partial charge in [-0.25, -0.2) is 13.8 Å². The lowest BCUT2D eigenvalue weighted by Gasteiger charge is -2.07. The number of carbonyl (C=O) groups excluding carboxylic acids is 1. The van der Waals surface area contributed by atoms with Crippen LogP contribution in [0.1, 0.15) is 24.6 Å². The molecule has 94 valence electrons. The molecule has 0 N–H and O–H groups in total. The van der Waals surface area contributed by atoms with E-state index in [1.807, 2.05) is 0 Å². The molecule has 1 aromatic rings. The predicted molar refractivity (Wildman–Crippen MR) is 56.1 cm³/mol. The first-order valence-corrected chi connectivity index (χ1v) is 5.05. The number of nitrogens with zero attached hydrogens (tertiary/aromatic N) is 1. The molecule has 0 saturated carbocycles. The molecule has 0 aliphatic heterocycles. The van der Waals surface area contributed by atoms with Crippen molar-refractivity contribution in [3.8, 4) is 5.88 Å². The van der Waals surface area contributed by atoms with Crippen LogP contribution < -0.4 is 4.74 Å². The van der Waals surface area contributed by atoms with E-state index < -0.39 is 18.1 Å². The molecule has 1 rings (SSSR count). The summed E-state index contributed by atoms with van der Waals surface area (Å²) >= 11 is 0. The summed E-state index contributed by atoms with van der Waals surface area (Å²) < 4.78 is 34.6. The molecule has 0 radical (unpaired) electrons. The van der Waals surface area contributed by atoms with Crippen molar-refractivity contribution in [3.05, 3.63) is 23.4 Å². The topological polar surface area (TPSA) is 48.4 Å². The third kappa shape index (κ3) is 3.97. The van der Waals surface area contributed by atoms with E-state index in [1.54, 1.807) is 6.92 Å². The number of hydrogen-bond acceptors (Lipinski definition) is 4. The van der Waals surface area contributed by atoms with Gasteiger partial charge in [-0.05, 0) is 18.6 Å². The predicted octanol–water partition coefficient (Wildman–Crippen LogP) is 2.13. The molecular weight excluding hydrogens is 232 g/mol. The third-order valence-corrected chi connectivity index (χ3v) is 1.97. The SMILES string of the molecule is CCOC(=O)Cc1cc(OC)nc(C(F)F)c1. The fourth-order valence-electron chi connectivity index (χ4n) is 1.28. The van der Waals surface area contributed by atoms with Gasteiger partial charge in [0.2, 0.25) is 5.88 Å². The van der Waals surface area contributed by atoms with Crippen molar-refractivity contribution < 1.29 is 23.0 Å². The van der Waals surface area contributed by atoms with Crippen molar-refractivity contribution >= 4 is 5.97 Å². The Morgan fingerprint density at radius 2 is 2.18 bits per heavy atom. The number of hydrogen-bond donors (Lipinski definition) is 0. The Kier molecular flexibility index (Phi) is 4.81. The smallest absolute Gasteiger partial charge is 0.310 e. The van der Waals surface area contributed by atoms with E-state index in [2.05, 4.69) is 4.98 Å². The number of ether oxygens (including phenoxy) is 2. The average molecular weight is 245 g/mol. The van der Waals surface area contributed by atoms with Crippen molar-refractivity contribution in [2.75, 3.05) is 13.7 Å². The fraction of sp³-hybridized carbons (Fsp3) is 0.455. The van der Waals surface area contributed by atoms with E-state index in [0.717, 1.165) is 0 Å². The van der Waals surface area contributed by atoms with Crippen LogP contribution in [0.5, 0.6) is 5.88 Å². The summed E-state index contributed by atoms with van der Waals surface area (Å²) in [6.07, 6.45) is -2.78. The number of alkyl halides is 2. The Morgan fingerprint density at radius 3 is 2.71 bits per heavy atom. The van der Waals surface area contributed by atoms with Crippen LogP contribution in [0.25, 0.3) is 0 Å². The van der Waals surface area contributed by atoms with Crippen molar-refractivity contribution in [2.45, 2.75) is 19.8 Å². The first-order valence-electron chi connectivity index (χ1n) is 5.05. The Morgan fingerprint density at radius 1 is 1.47 bits per heavy atom. The Bertz CT molecular complexity index is 396. The molecule has 4 nitrogen and oxygen atoms in total. The monoisotopic (exact) mass is 245 g/mol. The summed E-state index contributed by atoms with van der Waals surface area (Å²) in [5.41, 5.74) is -0.0192. The molecule has 0 aliphatic carbocycles. The highest BCUT2D eigenvalue weighted by Gasteiger charge is 2.14. The van der Waals surface area contributed by atoms with Gasteiger partial charge in [0.15, 0.2) is 0 Å². The zero-order chi connectivity index (χ0) is 12.8. The number of methoxy groups -OCH3 is 1. The quantitative estimate of drug-likeness (QED) is 0.745. The van der Waals surface area contributed by atoms with Crippen LogP contribution in [-0.4, -0.2) is 24.7 Å². The van der Waals surface area contributed by atoms with Crippen LogP contribution in [0.15, 0.2) is 12.1 Å². The van der Waals surface area contributed by atoms with E-state index in [1.165, 1.54) is 19.2 Å². The summed E-state index contributed by atoms with van der Waals surface area (Å²) in [5, 5.41) is 0. The summed E-state index contributed by atoms with van der Waals surface area (Å²) in [7, 11) is 1.33. The summed E-state index contributed by atoms with van der Waals surface area (Å²) in [6, 6.07) is 2.60. The number of carbonyl (C=O) groups is 1. The summed E-state index contributed by atoms with van der Waals surface area (Å²) in [4.78, 5) is 14.8. The largest absolute Gasteiger partial charge is 0.481 e. The lowest BCUT2D eigenvalue weighted by atomic mass is 10.1. The second-order valence-corrected chi connectivity index (χ2v) is 3.23. The molecule has 0 aliphatic rings. The molecule has 1 aromatic heterocycles. The van der Waals surface area contributed by atoms with Gasteiger partial charge in [0, 0.05) is 6.07 Å². The lowest BCUT2D eigenvalue weighted by molar-refractivity contribution is -0.142. The zero-order valence-corrected chi connectivity index (χ0v) is 9.57. The van der Waals surface area contributed by atoms with E-state index in [4.69, 9.17) is 9.47 Å². The molecule has 0 aromatic carbocycles. The summed E-state index contributed by atoms with van der Waals surface area (Å²) in [5.74, 6) is -0.414. The number of rotatable bonds is 5. The fourth-order valence-corrected chi connectivity index (χ4v) is 1.28. The molecule has 1 heterocycles. The summed E-state index contributed by atoms with van der Waals surface area (Å²) in [6.45, 7) is 1.93. The van der Waals surface area contributed by atoms with Gasteiger partial charge in [-0.2, -0.15) is 0 Å². The molecule has 0 amide bonds. The van der Waals surface area contributed by atoms with Crippen LogP contribution in [0.2, 0.25) is 0 Å². The number of halogens is 2. The van der Waals surface area contributed by atoms with Gasteiger partial charge < -0.3 is 9.47 Å². The number of aromatic nitrogens is 1. The van der Waals surface area contributed by atoms with Gasteiger partial charge in [-0.1, -0.05) is 0 Å². The number of esters is 1. The first-order chi connectivity index (χ1) is 8.06. The van der Waals surface area contributed by atoms with Crippen molar-refractivity contribution in [3.63, 3.8) is 0 Å². The van der Waals surface area contributed by atoms with E-state index >= 15 is 0 Å². The highest BCUT2D eigenvalue weighted by Crippen LogP contribution is 2.21. The Hall–Kier alpha value is -1.72. The minimum absolute atomic E-state index is 0.0575. The number of pyridine rings is 1. The normalized spacial score (nSPS) is 10.4. The van der Waals surface area contributed by atoms with E-state index in [9.17, 15) is 13.6 Å². The molecule has 0 unspecified atom stereocenters. The van der Waals surface area contributed by atoms with Crippen LogP contribution in [0.3, 0.4) is 0 Å². The minimum atomic E-state index is -2.70. The highest BCUT2D eigenvalue weighted by atomic mass is 19.3. The van der Waals surface area contributed by atoms with Gasteiger partial charge >= 0.3 is 5.97 Å². The van der Waals surface area contributed by atoms with Gasteiger partial charge in [-0.3, -0.25) is 4.79 Å². The molecule has 6 heteroatoms. The molecule has 17 heavy (non-hydrogen) atoms. The Balaban J connectivity index is 2.90. The maximum absolute atomic E-state index is 12.5. The van der Waals surface area contributed by atoms with Gasteiger partial charge in [-0.15, -0.1) is 0 Å². The third-order valence-electron chi connectivity index (χ3n) is 1.97. The van der Waals surface area contributed by atoms with Crippen LogP contribution in [0.4, 0.5) is 8.78 Å². The van der Waals surface area contributed by atoms with Gasteiger partial charge in [0.25, 0.3) is 6.43 Å². The minimum Gasteiger partial charge on any atom is -0.481 e. The van der Waals surface area contributed by atoms with Gasteiger partial charge in [0.1, 0.15) is 5.69 Å². The first kappa shape index (κ1) is 13.3. The van der Waals surface area contributed by atoms with Crippen molar-refractivity contribution in [1.29, 1.82) is 0 Å². The van der Waals surface area contributed by atoms with Crippen LogP contribution in [0, 0.1) is 0 Å². The lowest BCUT2D eigenvalue weighted by Crippen LogP contribution is -2.08. The van der Waals surface area contributed by atoms with Crippen molar-refractivity contribution in [2.24, 2.45) is 0 Å². The molecule has 0 fully saturated rings. The van der Waals surface area contributed by atoms with Crippen molar-refractivity contribution in [1.82, 2.24) is 4.98 Å².